The lowest BCUT2D eigenvalue weighted by Gasteiger charge is -2.61. The molecule has 0 amide bonds. The zero-order valence-electron chi connectivity index (χ0n) is 15.1. The fraction of sp³-hybridized carbons (Fsp3) is 0.700. The van der Waals surface area contributed by atoms with Crippen LogP contribution in [0.25, 0.3) is 0 Å². The molecule has 6 nitrogen and oxygen atoms in total. The van der Waals surface area contributed by atoms with Gasteiger partial charge in [0.05, 0.1) is 13.2 Å². The third-order valence-corrected chi connectivity index (χ3v) is 7.06. The lowest BCUT2D eigenvalue weighted by atomic mass is 9.44. The molecule has 4 aliphatic carbocycles. The molecule has 4 fully saturated rings. The summed E-state index contributed by atoms with van der Waals surface area (Å²) in [6.07, 6.45) is 7.23. The Morgan fingerprint density at radius 1 is 1.12 bits per heavy atom. The highest BCUT2D eigenvalue weighted by molar-refractivity contribution is 5.37. The van der Waals surface area contributed by atoms with E-state index in [1.54, 1.807) is 0 Å². The maximum Gasteiger partial charge on any atom is 0.294 e. The molecule has 4 bridgehead atoms. The monoisotopic (exact) mass is 360 g/mol. The van der Waals surface area contributed by atoms with Gasteiger partial charge in [0, 0.05) is 18.4 Å². The second-order valence-electron chi connectivity index (χ2n) is 8.34. The molecule has 4 saturated carbocycles. The lowest BCUT2D eigenvalue weighted by Crippen LogP contribution is -2.58. The molecule has 1 aromatic rings. The van der Waals surface area contributed by atoms with Crippen molar-refractivity contribution in [1.82, 2.24) is 0 Å². The SMILES string of the molecule is NCC1(c2cccc(OCCCO[N+](=O)[O-])c2)C2CC3CC(C2)CC1C3. The molecule has 0 radical (unpaired) electrons. The van der Waals surface area contributed by atoms with Crippen LogP contribution in [0.3, 0.4) is 0 Å². The van der Waals surface area contributed by atoms with Gasteiger partial charge >= 0.3 is 0 Å². The first kappa shape index (κ1) is 17.6. The van der Waals surface area contributed by atoms with Gasteiger partial charge in [-0.2, -0.15) is 0 Å². The average molecular weight is 360 g/mol. The Morgan fingerprint density at radius 2 is 1.81 bits per heavy atom. The van der Waals surface area contributed by atoms with Crippen molar-refractivity contribution >= 4 is 0 Å². The van der Waals surface area contributed by atoms with E-state index in [1.165, 1.54) is 37.7 Å². The molecule has 0 aromatic heterocycles. The van der Waals surface area contributed by atoms with Crippen LogP contribution < -0.4 is 10.5 Å². The zero-order chi connectivity index (χ0) is 18.1. The van der Waals surface area contributed by atoms with Gasteiger partial charge in [0.15, 0.2) is 0 Å². The van der Waals surface area contributed by atoms with Gasteiger partial charge < -0.3 is 15.3 Å². The Kier molecular flexibility index (Phi) is 4.78. The van der Waals surface area contributed by atoms with Crippen LogP contribution >= 0.6 is 0 Å². The van der Waals surface area contributed by atoms with Gasteiger partial charge in [0.1, 0.15) is 5.75 Å². The van der Waals surface area contributed by atoms with Crippen LogP contribution in [0.1, 0.15) is 44.1 Å². The standard InChI is InChI=1S/C20H28N2O4/c21-13-20(17-8-14-7-15(10-17)11-18(20)9-14)16-3-1-4-19(12-16)25-5-2-6-26-22(23)24/h1,3-4,12,14-15,17-18H,2,5-11,13,21H2. The van der Waals surface area contributed by atoms with Crippen LogP contribution in [0.2, 0.25) is 0 Å². The smallest absolute Gasteiger partial charge is 0.294 e. The number of hydrogen-bond acceptors (Lipinski definition) is 5. The van der Waals surface area contributed by atoms with Crippen molar-refractivity contribution in [2.24, 2.45) is 29.4 Å². The highest BCUT2D eigenvalue weighted by atomic mass is 16.9. The number of rotatable bonds is 8. The van der Waals surface area contributed by atoms with Crippen molar-refractivity contribution in [3.8, 4) is 5.75 Å². The van der Waals surface area contributed by atoms with E-state index in [0.717, 1.165) is 17.6 Å². The molecule has 0 heterocycles. The van der Waals surface area contributed by atoms with Crippen molar-refractivity contribution in [1.29, 1.82) is 0 Å². The van der Waals surface area contributed by atoms with E-state index in [0.29, 0.717) is 31.4 Å². The molecule has 4 aliphatic rings. The zero-order valence-corrected chi connectivity index (χ0v) is 15.1. The Bertz CT molecular complexity index is 635. The van der Waals surface area contributed by atoms with E-state index in [1.807, 2.05) is 6.07 Å². The van der Waals surface area contributed by atoms with Crippen molar-refractivity contribution in [2.75, 3.05) is 19.8 Å². The molecule has 0 aliphatic heterocycles. The Labute approximate surface area is 154 Å². The minimum absolute atomic E-state index is 0.0619. The van der Waals surface area contributed by atoms with Crippen molar-refractivity contribution in [3.05, 3.63) is 39.9 Å². The van der Waals surface area contributed by atoms with Gasteiger partial charge in [-0.05, 0) is 73.5 Å². The number of nitrogens with zero attached hydrogens (tertiary/aromatic N) is 1. The molecular weight excluding hydrogens is 332 g/mol. The predicted octanol–water partition coefficient (Wildman–Crippen LogP) is 3.32. The van der Waals surface area contributed by atoms with Gasteiger partial charge in [-0.1, -0.05) is 12.1 Å². The summed E-state index contributed by atoms with van der Waals surface area (Å²) in [5.41, 5.74) is 7.84. The summed E-state index contributed by atoms with van der Waals surface area (Å²) in [6, 6.07) is 8.39. The summed E-state index contributed by atoms with van der Waals surface area (Å²) in [7, 11) is 0. The first-order chi connectivity index (χ1) is 12.6. The van der Waals surface area contributed by atoms with Gasteiger partial charge in [-0.3, -0.25) is 0 Å². The van der Waals surface area contributed by atoms with Crippen molar-refractivity contribution in [2.45, 2.75) is 43.9 Å². The summed E-state index contributed by atoms with van der Waals surface area (Å²) in [5.74, 6) is 4.06. The van der Waals surface area contributed by atoms with Crippen molar-refractivity contribution in [3.63, 3.8) is 0 Å². The Morgan fingerprint density at radius 3 is 2.42 bits per heavy atom. The first-order valence-electron chi connectivity index (χ1n) is 9.82. The number of ether oxygens (including phenoxy) is 1. The molecule has 0 saturated heterocycles. The maximum atomic E-state index is 10.2. The first-order valence-corrected chi connectivity index (χ1v) is 9.82. The minimum Gasteiger partial charge on any atom is -0.494 e. The molecule has 0 spiro atoms. The summed E-state index contributed by atoms with van der Waals surface area (Å²) >= 11 is 0. The predicted molar refractivity (Wildman–Crippen MR) is 97.3 cm³/mol. The molecule has 1 aromatic carbocycles. The fourth-order valence-corrected chi connectivity index (χ4v) is 6.21. The number of hydrogen-bond donors (Lipinski definition) is 1. The van der Waals surface area contributed by atoms with Gasteiger partial charge in [-0.15, -0.1) is 10.1 Å². The molecule has 142 valence electrons. The van der Waals surface area contributed by atoms with Gasteiger partial charge in [0.25, 0.3) is 5.09 Å². The third-order valence-electron chi connectivity index (χ3n) is 7.06. The topological polar surface area (TPSA) is 87.6 Å². The van der Waals surface area contributed by atoms with Crippen LogP contribution in [0.4, 0.5) is 0 Å². The summed E-state index contributed by atoms with van der Waals surface area (Å²) in [4.78, 5) is 14.5. The van der Waals surface area contributed by atoms with Gasteiger partial charge in [0.2, 0.25) is 0 Å². The second kappa shape index (κ2) is 7.06. The van der Waals surface area contributed by atoms with Crippen LogP contribution in [0.15, 0.2) is 24.3 Å². The molecule has 26 heavy (non-hydrogen) atoms. The third kappa shape index (κ3) is 3.04. The van der Waals surface area contributed by atoms with E-state index in [2.05, 4.69) is 23.0 Å². The maximum absolute atomic E-state index is 10.2. The Hall–Kier alpha value is -1.82. The van der Waals surface area contributed by atoms with E-state index in [-0.39, 0.29) is 12.0 Å². The molecule has 2 N–H and O–H groups in total. The van der Waals surface area contributed by atoms with E-state index >= 15 is 0 Å². The number of benzene rings is 1. The fourth-order valence-electron chi connectivity index (χ4n) is 6.21. The Balaban J connectivity index is 1.47. The lowest BCUT2D eigenvalue weighted by molar-refractivity contribution is -0.757. The average Bonchev–Trinajstić information content (AvgIpc) is 2.61. The van der Waals surface area contributed by atoms with E-state index < -0.39 is 5.09 Å². The van der Waals surface area contributed by atoms with Crippen molar-refractivity contribution < 1.29 is 14.7 Å². The molecule has 6 heteroatoms. The molecule has 5 rings (SSSR count). The quantitative estimate of drug-likeness (QED) is 0.436. The summed E-state index contributed by atoms with van der Waals surface area (Å²) in [5, 5.41) is 9.41. The highest BCUT2D eigenvalue weighted by Crippen LogP contribution is 2.62. The van der Waals surface area contributed by atoms with Crippen LogP contribution in [-0.4, -0.2) is 24.8 Å². The van der Waals surface area contributed by atoms with Gasteiger partial charge in [-0.25, -0.2) is 0 Å². The second-order valence-corrected chi connectivity index (χ2v) is 8.34. The molecule has 0 unspecified atom stereocenters. The molecule has 0 atom stereocenters. The highest BCUT2D eigenvalue weighted by Gasteiger charge is 2.57. The van der Waals surface area contributed by atoms with E-state index in [4.69, 9.17) is 10.5 Å². The number of nitrogens with two attached hydrogens (primary N) is 1. The largest absolute Gasteiger partial charge is 0.494 e. The van der Waals surface area contributed by atoms with Crippen LogP contribution in [0.5, 0.6) is 5.75 Å². The summed E-state index contributed by atoms with van der Waals surface area (Å²) in [6.45, 7) is 1.18. The van der Waals surface area contributed by atoms with E-state index in [9.17, 15) is 10.1 Å². The molecular formula is C20H28N2O4. The van der Waals surface area contributed by atoms with Crippen LogP contribution in [-0.2, 0) is 10.3 Å². The minimum atomic E-state index is -0.766. The van der Waals surface area contributed by atoms with Crippen LogP contribution in [0, 0.1) is 33.8 Å². The summed E-state index contributed by atoms with van der Waals surface area (Å²) < 4.78 is 5.82. The normalized spacial score (nSPS) is 34.7.